The maximum atomic E-state index is 12.0. The number of urea groups is 1. The van der Waals surface area contributed by atoms with Crippen LogP contribution in [0.25, 0.3) is 16.7 Å². The number of hydrogen-bond donors (Lipinski definition) is 2. The Kier molecular flexibility index (Phi) is 4.70. The summed E-state index contributed by atoms with van der Waals surface area (Å²) in [5.74, 6) is -0.783. The van der Waals surface area contributed by atoms with Crippen molar-refractivity contribution in [3.05, 3.63) is 59.4 Å². The lowest BCUT2D eigenvalue weighted by molar-refractivity contribution is -0.122. The number of halogens is 1. The van der Waals surface area contributed by atoms with Crippen LogP contribution in [0.15, 0.2) is 48.8 Å². The van der Waals surface area contributed by atoms with Gasteiger partial charge in [-0.1, -0.05) is 29.8 Å². The number of carbonyl (C=O) groups is 3. The maximum Gasteiger partial charge on any atom is 0.325 e. The van der Waals surface area contributed by atoms with Crippen molar-refractivity contribution in [2.45, 2.75) is 6.54 Å². The molecule has 0 atom stereocenters. The van der Waals surface area contributed by atoms with Gasteiger partial charge in [-0.25, -0.2) is 9.78 Å². The first-order valence-corrected chi connectivity index (χ1v) is 8.95. The van der Waals surface area contributed by atoms with Gasteiger partial charge >= 0.3 is 6.03 Å². The second kappa shape index (κ2) is 7.32. The minimum atomic E-state index is -0.560. The molecule has 4 amide bonds. The van der Waals surface area contributed by atoms with Gasteiger partial charge in [0.25, 0.3) is 0 Å². The molecule has 0 saturated carbocycles. The average Bonchev–Trinajstić information content (AvgIpc) is 3.23. The van der Waals surface area contributed by atoms with E-state index in [0.29, 0.717) is 5.02 Å². The van der Waals surface area contributed by atoms with E-state index in [4.69, 9.17) is 11.6 Å². The maximum absolute atomic E-state index is 12.0. The molecular formula is C19H16ClN5O3. The fourth-order valence-corrected chi connectivity index (χ4v) is 3.27. The third-order valence-corrected chi connectivity index (χ3v) is 4.80. The fraction of sp³-hybridized carbons (Fsp3) is 0.158. The van der Waals surface area contributed by atoms with Crippen molar-refractivity contribution in [3.8, 4) is 5.69 Å². The Hall–Kier alpha value is -3.39. The molecule has 1 aromatic heterocycles. The summed E-state index contributed by atoms with van der Waals surface area (Å²) in [7, 11) is 0. The third kappa shape index (κ3) is 3.54. The van der Waals surface area contributed by atoms with Crippen LogP contribution in [0.4, 0.5) is 4.79 Å². The summed E-state index contributed by atoms with van der Waals surface area (Å²) in [6, 6.07) is 12.8. The molecule has 8 nitrogen and oxygen atoms in total. The molecule has 2 aromatic carbocycles. The molecule has 0 radical (unpaired) electrons. The minimum Gasteiger partial charge on any atom is -0.350 e. The van der Waals surface area contributed by atoms with Gasteiger partial charge in [-0.05, 0) is 29.8 Å². The van der Waals surface area contributed by atoms with Gasteiger partial charge in [0, 0.05) is 17.3 Å². The predicted octanol–water partition coefficient (Wildman–Crippen LogP) is 1.85. The van der Waals surface area contributed by atoms with Crippen LogP contribution in [0.5, 0.6) is 0 Å². The predicted molar refractivity (Wildman–Crippen MR) is 103 cm³/mol. The SMILES string of the molecule is O=C(CN1CC(=O)NC1=O)NCc1ccc(-n2cnc3ccccc32)cc1Cl. The molecular weight excluding hydrogens is 382 g/mol. The second-order valence-electron chi connectivity index (χ2n) is 6.37. The molecule has 1 aliphatic rings. The average molecular weight is 398 g/mol. The number of para-hydroxylation sites is 2. The molecule has 28 heavy (non-hydrogen) atoms. The minimum absolute atomic E-state index is 0.111. The summed E-state index contributed by atoms with van der Waals surface area (Å²) < 4.78 is 1.94. The summed E-state index contributed by atoms with van der Waals surface area (Å²) in [4.78, 5) is 40.2. The number of nitrogens with zero attached hydrogens (tertiary/aromatic N) is 3. The van der Waals surface area contributed by atoms with E-state index in [1.807, 2.05) is 47.0 Å². The number of hydrogen-bond acceptors (Lipinski definition) is 4. The van der Waals surface area contributed by atoms with Crippen LogP contribution in [-0.2, 0) is 16.1 Å². The van der Waals surface area contributed by atoms with E-state index in [9.17, 15) is 14.4 Å². The summed E-state index contributed by atoms with van der Waals surface area (Å²) in [5.41, 5.74) is 3.46. The van der Waals surface area contributed by atoms with E-state index >= 15 is 0 Å². The van der Waals surface area contributed by atoms with Crippen molar-refractivity contribution < 1.29 is 14.4 Å². The van der Waals surface area contributed by atoms with Crippen molar-refractivity contribution in [2.75, 3.05) is 13.1 Å². The number of aromatic nitrogens is 2. The first-order chi connectivity index (χ1) is 13.5. The van der Waals surface area contributed by atoms with E-state index in [1.165, 1.54) is 0 Å². The van der Waals surface area contributed by atoms with Gasteiger partial charge in [-0.2, -0.15) is 0 Å². The van der Waals surface area contributed by atoms with Gasteiger partial charge in [0.05, 0.1) is 11.0 Å². The third-order valence-electron chi connectivity index (χ3n) is 4.45. The number of imide groups is 1. The van der Waals surface area contributed by atoms with Gasteiger partial charge < -0.3 is 10.2 Å². The largest absolute Gasteiger partial charge is 0.350 e. The van der Waals surface area contributed by atoms with Gasteiger partial charge in [-0.15, -0.1) is 0 Å². The van der Waals surface area contributed by atoms with Gasteiger partial charge in [0.2, 0.25) is 11.8 Å². The van der Waals surface area contributed by atoms with Crippen molar-refractivity contribution >= 4 is 40.5 Å². The summed E-state index contributed by atoms with van der Waals surface area (Å²) in [5, 5.41) is 5.34. The molecule has 9 heteroatoms. The normalized spacial score (nSPS) is 13.8. The van der Waals surface area contributed by atoms with Crippen molar-refractivity contribution in [2.24, 2.45) is 0 Å². The lowest BCUT2D eigenvalue weighted by atomic mass is 10.2. The number of benzene rings is 2. The lowest BCUT2D eigenvalue weighted by Gasteiger charge is -2.14. The molecule has 0 bridgehead atoms. The smallest absolute Gasteiger partial charge is 0.325 e. The van der Waals surface area contributed by atoms with Crippen LogP contribution >= 0.6 is 11.6 Å². The van der Waals surface area contributed by atoms with Crippen LogP contribution in [-0.4, -0.2) is 45.4 Å². The Morgan fingerprint density at radius 1 is 1.21 bits per heavy atom. The Bertz CT molecular complexity index is 1090. The Balaban J connectivity index is 1.43. The molecule has 4 rings (SSSR count). The van der Waals surface area contributed by atoms with Crippen molar-refractivity contribution in [1.29, 1.82) is 0 Å². The number of amides is 4. The van der Waals surface area contributed by atoms with Gasteiger partial charge in [0.15, 0.2) is 0 Å². The second-order valence-corrected chi connectivity index (χ2v) is 6.77. The fourth-order valence-electron chi connectivity index (χ4n) is 3.03. The Morgan fingerprint density at radius 2 is 2.04 bits per heavy atom. The van der Waals surface area contributed by atoms with E-state index in [2.05, 4.69) is 15.6 Å². The Labute approximate surface area is 165 Å². The van der Waals surface area contributed by atoms with Crippen molar-refractivity contribution in [3.63, 3.8) is 0 Å². The summed E-state index contributed by atoms with van der Waals surface area (Å²) in [6.45, 7) is -0.0824. The molecule has 1 saturated heterocycles. The zero-order valence-electron chi connectivity index (χ0n) is 14.7. The standard InChI is InChI=1S/C19H16ClN5O3/c20-14-7-13(25-11-22-15-3-1-2-4-16(15)25)6-5-12(14)8-21-17(26)9-24-10-18(27)23-19(24)28/h1-7,11H,8-10H2,(H,21,26)(H,23,27,28). The van der Waals surface area contributed by atoms with E-state index in [0.717, 1.165) is 27.2 Å². The molecule has 142 valence electrons. The topological polar surface area (TPSA) is 96.3 Å². The van der Waals surface area contributed by atoms with E-state index < -0.39 is 11.9 Å². The highest BCUT2D eigenvalue weighted by Crippen LogP contribution is 2.23. The Morgan fingerprint density at radius 3 is 2.79 bits per heavy atom. The van der Waals surface area contributed by atoms with Crippen LogP contribution in [0.2, 0.25) is 5.02 Å². The highest BCUT2D eigenvalue weighted by molar-refractivity contribution is 6.31. The number of fused-ring (bicyclic) bond motifs is 1. The molecule has 3 aromatic rings. The number of rotatable bonds is 5. The van der Waals surface area contributed by atoms with Crippen LogP contribution in [0, 0.1) is 0 Å². The molecule has 0 aliphatic carbocycles. The van der Waals surface area contributed by atoms with Crippen molar-refractivity contribution in [1.82, 2.24) is 25.1 Å². The van der Waals surface area contributed by atoms with Crippen LogP contribution < -0.4 is 10.6 Å². The molecule has 0 spiro atoms. The molecule has 2 heterocycles. The zero-order chi connectivity index (χ0) is 19.7. The number of carbonyl (C=O) groups excluding carboxylic acids is 3. The number of imidazole rings is 1. The molecule has 0 unspecified atom stereocenters. The highest BCUT2D eigenvalue weighted by Gasteiger charge is 2.28. The lowest BCUT2D eigenvalue weighted by Crippen LogP contribution is -2.38. The monoisotopic (exact) mass is 397 g/mol. The van der Waals surface area contributed by atoms with E-state index in [1.54, 1.807) is 6.33 Å². The quantitative estimate of drug-likeness (QED) is 0.642. The zero-order valence-corrected chi connectivity index (χ0v) is 15.4. The van der Waals surface area contributed by atoms with E-state index in [-0.39, 0.29) is 25.5 Å². The van der Waals surface area contributed by atoms with Crippen LogP contribution in [0.3, 0.4) is 0 Å². The summed E-state index contributed by atoms with van der Waals surface area (Å²) >= 11 is 6.39. The number of nitrogens with one attached hydrogen (secondary N) is 2. The first-order valence-electron chi connectivity index (χ1n) is 8.57. The molecule has 1 fully saturated rings. The molecule has 1 aliphatic heterocycles. The van der Waals surface area contributed by atoms with Gasteiger partial charge in [-0.3, -0.25) is 19.5 Å². The molecule has 2 N–H and O–H groups in total. The summed E-state index contributed by atoms with van der Waals surface area (Å²) in [6.07, 6.45) is 1.74. The highest BCUT2D eigenvalue weighted by atomic mass is 35.5. The van der Waals surface area contributed by atoms with Gasteiger partial charge in [0.1, 0.15) is 19.4 Å². The van der Waals surface area contributed by atoms with Crippen LogP contribution in [0.1, 0.15) is 5.56 Å². The first kappa shape index (κ1) is 18.0.